The van der Waals surface area contributed by atoms with Crippen LogP contribution in [0, 0.1) is 0 Å². The van der Waals surface area contributed by atoms with E-state index in [4.69, 9.17) is 15.3 Å². The molecule has 3 N–H and O–H groups in total. The van der Waals surface area contributed by atoms with Gasteiger partial charge in [-0.2, -0.15) is 0 Å². The van der Waals surface area contributed by atoms with Crippen molar-refractivity contribution < 1.29 is 15.3 Å². The Morgan fingerprint density at radius 1 is 1.00 bits per heavy atom. The molecular weight excluding hydrogens is 144 g/mol. The van der Waals surface area contributed by atoms with Crippen LogP contribution in [0.2, 0.25) is 0 Å². The molecule has 11 heavy (non-hydrogen) atoms. The number of rotatable bonds is 1. The molecule has 0 aromatic rings. The zero-order valence-electron chi connectivity index (χ0n) is 5.94. The summed E-state index contributed by atoms with van der Waals surface area (Å²) in [4.78, 5) is 0. The molecule has 3 nitrogen and oxygen atoms in total. The van der Waals surface area contributed by atoms with Crippen LogP contribution < -0.4 is 0 Å². The molecule has 0 saturated carbocycles. The van der Waals surface area contributed by atoms with Crippen molar-refractivity contribution in [1.29, 1.82) is 0 Å². The molecule has 0 unspecified atom stereocenters. The maximum atomic E-state index is 7.67. The van der Waals surface area contributed by atoms with E-state index in [1.54, 1.807) is 0 Å². The smallest absolute Gasteiger partial charge is 0.175 e. The molecule has 0 fully saturated rings. The van der Waals surface area contributed by atoms with Gasteiger partial charge in [-0.15, -0.1) is 0 Å². The number of hydrogen-bond acceptors (Lipinski definition) is 3. The average Bonchev–Trinajstić information content (AvgIpc) is 1.98. The standard InChI is InChI=1S/C6H4.C2H6O3/c1-2-6-4-3-5(1)6;3-1-2(4)5/h1-4H;2-5H,1H2. The lowest BCUT2D eigenvalue weighted by molar-refractivity contribution is -0.0747. The summed E-state index contributed by atoms with van der Waals surface area (Å²) >= 11 is 0. The first-order valence-corrected chi connectivity index (χ1v) is 3.31. The van der Waals surface area contributed by atoms with Crippen LogP contribution in [0.5, 0.6) is 0 Å². The molecule has 0 spiro atoms. The molecule has 0 aromatic heterocycles. The first-order valence-electron chi connectivity index (χ1n) is 3.31. The number of aliphatic hydroxyl groups excluding tert-OH is 2. The van der Waals surface area contributed by atoms with Crippen molar-refractivity contribution in [2.45, 2.75) is 6.29 Å². The Morgan fingerprint density at radius 2 is 1.27 bits per heavy atom. The van der Waals surface area contributed by atoms with Crippen LogP contribution in [0.1, 0.15) is 0 Å². The van der Waals surface area contributed by atoms with E-state index in [0.717, 1.165) is 0 Å². The minimum Gasteiger partial charge on any atom is -0.391 e. The van der Waals surface area contributed by atoms with Crippen LogP contribution in [-0.2, 0) is 0 Å². The molecule has 0 aliphatic heterocycles. The van der Waals surface area contributed by atoms with Gasteiger partial charge in [0.15, 0.2) is 6.29 Å². The van der Waals surface area contributed by atoms with E-state index in [1.807, 2.05) is 0 Å². The fourth-order valence-corrected chi connectivity index (χ4v) is 0.663. The predicted molar refractivity (Wildman–Crippen MR) is 40.7 cm³/mol. The van der Waals surface area contributed by atoms with Crippen LogP contribution in [0.4, 0.5) is 0 Å². The summed E-state index contributed by atoms with van der Waals surface area (Å²) in [5, 5.41) is 23.0. The van der Waals surface area contributed by atoms with Crippen LogP contribution >= 0.6 is 0 Å². The van der Waals surface area contributed by atoms with Gasteiger partial charge in [-0.05, 0) is 11.1 Å². The van der Waals surface area contributed by atoms with Gasteiger partial charge in [-0.1, -0.05) is 24.3 Å². The summed E-state index contributed by atoms with van der Waals surface area (Å²) in [6, 6.07) is 8.48. The number of aliphatic hydroxyl groups is 3. The predicted octanol–water partition coefficient (Wildman–Crippen LogP) is -0.0436. The molecule has 0 saturated heterocycles. The Morgan fingerprint density at radius 3 is 1.27 bits per heavy atom. The molecule has 0 radical (unpaired) electrons. The number of benzene rings is 1. The molecule has 0 aromatic carbocycles. The van der Waals surface area contributed by atoms with E-state index < -0.39 is 12.9 Å². The van der Waals surface area contributed by atoms with Crippen LogP contribution in [0.25, 0.3) is 11.1 Å². The van der Waals surface area contributed by atoms with E-state index in [-0.39, 0.29) is 0 Å². The Labute approximate surface area is 64.5 Å². The Hall–Kier alpha value is -0.900. The highest BCUT2D eigenvalue weighted by Gasteiger charge is 2.03. The van der Waals surface area contributed by atoms with Gasteiger partial charge in [-0.25, -0.2) is 0 Å². The molecule has 2 aliphatic rings. The second-order valence-corrected chi connectivity index (χ2v) is 2.24. The first kappa shape index (κ1) is 8.20. The summed E-state index contributed by atoms with van der Waals surface area (Å²) in [5.74, 6) is 0. The first-order chi connectivity index (χ1) is 5.24. The van der Waals surface area contributed by atoms with Crippen molar-refractivity contribution in [2.75, 3.05) is 6.61 Å². The van der Waals surface area contributed by atoms with E-state index in [1.165, 1.54) is 11.1 Å². The second kappa shape index (κ2) is 3.48. The highest BCUT2D eigenvalue weighted by molar-refractivity contribution is 5.75. The van der Waals surface area contributed by atoms with E-state index in [0.29, 0.717) is 0 Å². The van der Waals surface area contributed by atoms with Crippen molar-refractivity contribution in [3.8, 4) is 11.1 Å². The highest BCUT2D eigenvalue weighted by Crippen LogP contribution is 2.29. The molecule has 2 rings (SSSR count). The monoisotopic (exact) mass is 154 g/mol. The molecular formula is C8H10O3. The normalized spacial score (nSPS) is 10.5. The molecule has 0 atom stereocenters. The number of fused-ring (bicyclic) bond motifs is 1. The maximum absolute atomic E-state index is 7.67. The van der Waals surface area contributed by atoms with Crippen LogP contribution in [0.3, 0.4) is 0 Å². The zero-order valence-corrected chi connectivity index (χ0v) is 5.94. The van der Waals surface area contributed by atoms with Crippen molar-refractivity contribution in [3.63, 3.8) is 0 Å². The quantitative estimate of drug-likeness (QED) is 0.505. The largest absolute Gasteiger partial charge is 0.391 e. The molecule has 60 valence electrons. The molecule has 0 amide bonds. The third-order valence-corrected chi connectivity index (χ3v) is 1.38. The molecule has 3 heteroatoms. The van der Waals surface area contributed by atoms with E-state index >= 15 is 0 Å². The van der Waals surface area contributed by atoms with Crippen molar-refractivity contribution >= 4 is 0 Å². The van der Waals surface area contributed by atoms with Gasteiger partial charge in [0.2, 0.25) is 0 Å². The highest BCUT2D eigenvalue weighted by atomic mass is 16.5. The van der Waals surface area contributed by atoms with Crippen LogP contribution in [0.15, 0.2) is 24.3 Å². The third-order valence-electron chi connectivity index (χ3n) is 1.38. The summed E-state index contributed by atoms with van der Waals surface area (Å²) in [6.45, 7) is -0.583. The van der Waals surface area contributed by atoms with Gasteiger partial charge in [0.25, 0.3) is 0 Å². The third kappa shape index (κ3) is 2.01. The second-order valence-electron chi connectivity index (χ2n) is 2.24. The van der Waals surface area contributed by atoms with Gasteiger partial charge in [0, 0.05) is 0 Å². The lowest BCUT2D eigenvalue weighted by Crippen LogP contribution is -2.08. The molecule has 0 bridgehead atoms. The minimum atomic E-state index is -1.56. The van der Waals surface area contributed by atoms with Crippen molar-refractivity contribution in [2.24, 2.45) is 0 Å². The number of hydrogen-bond donors (Lipinski definition) is 3. The van der Waals surface area contributed by atoms with Gasteiger partial charge >= 0.3 is 0 Å². The summed E-state index contributed by atoms with van der Waals surface area (Å²) in [5.41, 5.74) is 2.85. The van der Waals surface area contributed by atoms with E-state index in [9.17, 15) is 0 Å². The van der Waals surface area contributed by atoms with Crippen LogP contribution in [-0.4, -0.2) is 28.2 Å². The van der Waals surface area contributed by atoms with Crippen molar-refractivity contribution in [3.05, 3.63) is 24.3 Å². The molecule has 2 aliphatic carbocycles. The van der Waals surface area contributed by atoms with Gasteiger partial charge in [0.05, 0.1) is 6.61 Å². The Bertz CT molecular complexity index is 194. The van der Waals surface area contributed by atoms with Gasteiger partial charge in [0.1, 0.15) is 0 Å². The maximum Gasteiger partial charge on any atom is 0.175 e. The van der Waals surface area contributed by atoms with Gasteiger partial charge < -0.3 is 15.3 Å². The van der Waals surface area contributed by atoms with E-state index in [2.05, 4.69) is 24.3 Å². The SMILES string of the molecule is OCC(O)O.c1cc2ccc1-2. The minimum absolute atomic E-state index is 0.583. The Balaban J connectivity index is 0.000000114. The topological polar surface area (TPSA) is 60.7 Å². The summed E-state index contributed by atoms with van der Waals surface area (Å²) in [6.07, 6.45) is -1.56. The lowest BCUT2D eigenvalue weighted by atomic mass is 9.95. The molecule has 0 heterocycles. The Kier molecular flexibility index (Phi) is 2.59. The fourth-order valence-electron chi connectivity index (χ4n) is 0.663. The van der Waals surface area contributed by atoms with Crippen molar-refractivity contribution in [1.82, 2.24) is 0 Å². The fraction of sp³-hybridized carbons (Fsp3) is 0.250. The summed E-state index contributed by atoms with van der Waals surface area (Å²) in [7, 11) is 0. The lowest BCUT2D eigenvalue weighted by Gasteiger charge is -2.10. The van der Waals surface area contributed by atoms with Gasteiger partial charge in [-0.3, -0.25) is 0 Å². The average molecular weight is 154 g/mol. The zero-order chi connectivity index (χ0) is 8.27. The summed E-state index contributed by atoms with van der Waals surface area (Å²) < 4.78 is 0.